The molecular formula is C20H25N3O2. The predicted molar refractivity (Wildman–Crippen MR) is 98.4 cm³/mol. The molecule has 1 aliphatic rings. The monoisotopic (exact) mass is 339 g/mol. The minimum Gasteiger partial charge on any atom is -0.489 e. The fourth-order valence-corrected chi connectivity index (χ4v) is 2.77. The second-order valence-corrected chi connectivity index (χ2v) is 6.22. The molecule has 1 aliphatic heterocycles. The zero-order valence-electron chi connectivity index (χ0n) is 14.4. The summed E-state index contributed by atoms with van der Waals surface area (Å²) in [6.07, 6.45) is 0. The normalized spacial score (nSPS) is 14.9. The van der Waals surface area contributed by atoms with Crippen molar-refractivity contribution in [2.24, 2.45) is 0 Å². The fraction of sp³-hybridized carbons (Fsp3) is 0.350. The van der Waals surface area contributed by atoms with Crippen molar-refractivity contribution in [2.75, 3.05) is 32.7 Å². The summed E-state index contributed by atoms with van der Waals surface area (Å²) in [7, 11) is 0. The van der Waals surface area contributed by atoms with E-state index in [4.69, 9.17) is 4.74 Å². The number of carbonyl (C=O) groups is 1. The summed E-state index contributed by atoms with van der Waals surface area (Å²) in [5.41, 5.74) is 2.21. The van der Waals surface area contributed by atoms with Gasteiger partial charge in [-0.15, -0.1) is 0 Å². The van der Waals surface area contributed by atoms with E-state index >= 15 is 0 Å². The highest BCUT2D eigenvalue weighted by Gasteiger charge is 2.12. The molecule has 25 heavy (non-hydrogen) atoms. The van der Waals surface area contributed by atoms with E-state index in [1.165, 1.54) is 0 Å². The number of nitrogens with one attached hydrogen (secondary N) is 2. The van der Waals surface area contributed by atoms with Gasteiger partial charge in [0.05, 0.1) is 6.54 Å². The Kier molecular flexibility index (Phi) is 6.42. The van der Waals surface area contributed by atoms with Crippen LogP contribution in [-0.4, -0.2) is 43.5 Å². The molecular weight excluding hydrogens is 314 g/mol. The lowest BCUT2D eigenvalue weighted by atomic mass is 10.1. The molecule has 2 N–H and O–H groups in total. The lowest BCUT2D eigenvalue weighted by molar-refractivity contribution is -0.122. The summed E-state index contributed by atoms with van der Waals surface area (Å²) >= 11 is 0. The molecule has 0 unspecified atom stereocenters. The number of rotatable bonds is 7. The molecule has 5 heteroatoms. The minimum atomic E-state index is 0.0818. The number of nitrogens with zero attached hydrogens (tertiary/aromatic N) is 1. The Morgan fingerprint density at radius 3 is 2.40 bits per heavy atom. The Balaban J connectivity index is 1.40. The lowest BCUT2D eigenvalue weighted by Gasteiger charge is -2.26. The van der Waals surface area contributed by atoms with E-state index in [2.05, 4.69) is 15.5 Å². The van der Waals surface area contributed by atoms with Gasteiger partial charge in [-0.1, -0.05) is 42.5 Å². The van der Waals surface area contributed by atoms with Crippen LogP contribution in [0.15, 0.2) is 54.6 Å². The van der Waals surface area contributed by atoms with Crippen molar-refractivity contribution in [1.82, 2.24) is 15.5 Å². The molecule has 0 saturated carbocycles. The van der Waals surface area contributed by atoms with Crippen LogP contribution >= 0.6 is 0 Å². The smallest absolute Gasteiger partial charge is 0.234 e. The molecule has 132 valence electrons. The maximum absolute atomic E-state index is 12.0. The van der Waals surface area contributed by atoms with Crippen LogP contribution < -0.4 is 15.4 Å². The van der Waals surface area contributed by atoms with Crippen molar-refractivity contribution >= 4 is 5.91 Å². The van der Waals surface area contributed by atoms with Gasteiger partial charge in [-0.25, -0.2) is 0 Å². The van der Waals surface area contributed by atoms with Gasteiger partial charge in [0.25, 0.3) is 0 Å². The summed E-state index contributed by atoms with van der Waals surface area (Å²) < 4.78 is 5.73. The van der Waals surface area contributed by atoms with Crippen LogP contribution in [-0.2, 0) is 17.9 Å². The Labute approximate surface area is 149 Å². The second-order valence-electron chi connectivity index (χ2n) is 6.22. The lowest BCUT2D eigenvalue weighted by Crippen LogP contribution is -2.47. The molecule has 0 aromatic heterocycles. The summed E-state index contributed by atoms with van der Waals surface area (Å²) in [6.45, 7) is 5.36. The largest absolute Gasteiger partial charge is 0.489 e. The van der Waals surface area contributed by atoms with Crippen molar-refractivity contribution in [3.63, 3.8) is 0 Å². The maximum atomic E-state index is 12.0. The van der Waals surface area contributed by atoms with E-state index in [1.54, 1.807) is 0 Å². The first-order chi connectivity index (χ1) is 12.3. The molecule has 0 radical (unpaired) electrons. The quantitative estimate of drug-likeness (QED) is 0.807. The van der Waals surface area contributed by atoms with E-state index < -0.39 is 0 Å². The van der Waals surface area contributed by atoms with Gasteiger partial charge in [-0.2, -0.15) is 0 Å². The van der Waals surface area contributed by atoms with E-state index in [0.29, 0.717) is 19.7 Å². The molecule has 0 atom stereocenters. The van der Waals surface area contributed by atoms with E-state index in [-0.39, 0.29) is 5.91 Å². The number of carbonyl (C=O) groups excluding carboxylic acids is 1. The molecule has 2 aromatic rings. The van der Waals surface area contributed by atoms with Gasteiger partial charge in [0.1, 0.15) is 12.4 Å². The third kappa shape index (κ3) is 5.89. The number of hydrogen-bond donors (Lipinski definition) is 2. The predicted octanol–water partition coefficient (Wildman–Crippen LogP) is 1.79. The van der Waals surface area contributed by atoms with Crippen LogP contribution in [0.2, 0.25) is 0 Å². The van der Waals surface area contributed by atoms with E-state index in [9.17, 15) is 4.79 Å². The van der Waals surface area contributed by atoms with Crippen LogP contribution in [0.25, 0.3) is 0 Å². The van der Waals surface area contributed by atoms with Crippen LogP contribution in [0.1, 0.15) is 11.1 Å². The Bertz CT molecular complexity index is 652. The number of benzene rings is 2. The Morgan fingerprint density at radius 2 is 1.68 bits per heavy atom. The highest BCUT2D eigenvalue weighted by Crippen LogP contribution is 2.12. The number of piperazine rings is 1. The van der Waals surface area contributed by atoms with Crippen molar-refractivity contribution < 1.29 is 9.53 Å². The first-order valence-corrected chi connectivity index (χ1v) is 8.75. The summed E-state index contributed by atoms with van der Waals surface area (Å²) in [4.78, 5) is 14.2. The number of hydrogen-bond acceptors (Lipinski definition) is 4. The van der Waals surface area contributed by atoms with Crippen LogP contribution in [0.3, 0.4) is 0 Å². The highest BCUT2D eigenvalue weighted by atomic mass is 16.5. The van der Waals surface area contributed by atoms with Crippen molar-refractivity contribution in [2.45, 2.75) is 13.2 Å². The van der Waals surface area contributed by atoms with Crippen LogP contribution in [0.5, 0.6) is 5.75 Å². The molecule has 2 aromatic carbocycles. The Morgan fingerprint density at radius 1 is 1.00 bits per heavy atom. The van der Waals surface area contributed by atoms with Gasteiger partial charge in [-0.05, 0) is 23.3 Å². The molecule has 0 spiro atoms. The molecule has 1 heterocycles. The molecule has 0 bridgehead atoms. The molecule has 5 nitrogen and oxygen atoms in total. The highest BCUT2D eigenvalue weighted by molar-refractivity contribution is 5.78. The second kappa shape index (κ2) is 9.20. The van der Waals surface area contributed by atoms with E-state index in [0.717, 1.165) is 43.1 Å². The van der Waals surface area contributed by atoms with Crippen LogP contribution in [0, 0.1) is 0 Å². The van der Waals surface area contributed by atoms with Gasteiger partial charge in [0.2, 0.25) is 5.91 Å². The first kappa shape index (κ1) is 17.5. The number of ether oxygens (including phenoxy) is 1. The molecule has 1 saturated heterocycles. The minimum absolute atomic E-state index is 0.0818. The third-order valence-corrected chi connectivity index (χ3v) is 4.24. The zero-order chi connectivity index (χ0) is 17.3. The van der Waals surface area contributed by atoms with Gasteiger partial charge >= 0.3 is 0 Å². The standard InChI is InChI=1S/C20H25N3O2/c24-20(15-23-12-10-21-11-13-23)22-14-17-6-8-18(9-7-17)16-25-19-4-2-1-3-5-19/h1-9,21H,10-16H2,(H,22,24). The summed E-state index contributed by atoms with van der Waals surface area (Å²) in [6, 6.07) is 17.9. The zero-order valence-corrected chi connectivity index (χ0v) is 14.4. The van der Waals surface area contributed by atoms with E-state index in [1.807, 2.05) is 54.6 Å². The van der Waals surface area contributed by atoms with Gasteiger partial charge in [-0.3, -0.25) is 9.69 Å². The van der Waals surface area contributed by atoms with Gasteiger partial charge in [0.15, 0.2) is 0 Å². The third-order valence-electron chi connectivity index (χ3n) is 4.24. The van der Waals surface area contributed by atoms with Crippen LogP contribution in [0.4, 0.5) is 0 Å². The first-order valence-electron chi connectivity index (χ1n) is 8.75. The molecule has 1 amide bonds. The number of para-hydroxylation sites is 1. The summed E-state index contributed by atoms with van der Waals surface area (Å²) in [5, 5.41) is 6.28. The molecule has 0 aliphatic carbocycles. The van der Waals surface area contributed by atoms with Crippen molar-refractivity contribution in [3.8, 4) is 5.75 Å². The molecule has 3 rings (SSSR count). The topological polar surface area (TPSA) is 53.6 Å². The Hall–Kier alpha value is -2.37. The summed E-state index contributed by atoms with van der Waals surface area (Å²) in [5.74, 6) is 0.949. The average Bonchev–Trinajstić information content (AvgIpc) is 2.67. The van der Waals surface area contributed by atoms with Gasteiger partial charge < -0.3 is 15.4 Å². The van der Waals surface area contributed by atoms with Gasteiger partial charge in [0, 0.05) is 32.7 Å². The number of amides is 1. The molecule has 1 fully saturated rings. The van der Waals surface area contributed by atoms with Crippen molar-refractivity contribution in [1.29, 1.82) is 0 Å². The fourth-order valence-electron chi connectivity index (χ4n) is 2.77. The maximum Gasteiger partial charge on any atom is 0.234 e. The average molecular weight is 339 g/mol. The SMILES string of the molecule is O=C(CN1CCNCC1)NCc1ccc(COc2ccccc2)cc1. The van der Waals surface area contributed by atoms with Crippen molar-refractivity contribution in [3.05, 3.63) is 65.7 Å².